The first-order valence-electron chi connectivity index (χ1n) is 12.0. The van der Waals surface area contributed by atoms with Gasteiger partial charge in [0.1, 0.15) is 17.3 Å². The smallest absolute Gasteiger partial charge is 0.271 e. The van der Waals surface area contributed by atoms with Gasteiger partial charge in [0, 0.05) is 23.9 Å². The van der Waals surface area contributed by atoms with Crippen LogP contribution in [-0.4, -0.2) is 36.0 Å². The van der Waals surface area contributed by atoms with Crippen molar-refractivity contribution in [1.82, 2.24) is 15.6 Å². The van der Waals surface area contributed by atoms with Crippen molar-refractivity contribution in [3.8, 4) is 11.5 Å². The molecule has 3 aromatic rings. The molecule has 1 heterocycles. The van der Waals surface area contributed by atoms with Gasteiger partial charge in [-0.05, 0) is 37.0 Å². The maximum Gasteiger partial charge on any atom is 0.271 e. The summed E-state index contributed by atoms with van der Waals surface area (Å²) in [5, 5.41) is 8.69. The summed E-state index contributed by atoms with van der Waals surface area (Å²) in [5.74, 6) is 1.07. The maximum absolute atomic E-state index is 12.9. The molecule has 2 N–H and O–H groups in total. The molecule has 1 fully saturated rings. The molecular formula is C27H31N3O4S. The first-order valence-corrected chi connectivity index (χ1v) is 12.8. The Morgan fingerprint density at radius 3 is 2.40 bits per heavy atom. The van der Waals surface area contributed by atoms with Gasteiger partial charge in [0.25, 0.3) is 5.91 Å². The van der Waals surface area contributed by atoms with E-state index in [4.69, 9.17) is 9.47 Å². The number of amides is 2. The third-order valence-corrected chi connectivity index (χ3v) is 6.94. The molecule has 35 heavy (non-hydrogen) atoms. The predicted molar refractivity (Wildman–Crippen MR) is 136 cm³/mol. The van der Waals surface area contributed by atoms with Crippen LogP contribution in [0.2, 0.25) is 0 Å². The van der Waals surface area contributed by atoms with Crippen LogP contribution >= 0.6 is 11.3 Å². The van der Waals surface area contributed by atoms with Crippen LogP contribution in [0.4, 0.5) is 0 Å². The Bertz CT molecular complexity index is 1120. The number of hydrogen-bond acceptors (Lipinski definition) is 6. The van der Waals surface area contributed by atoms with Gasteiger partial charge in [0.05, 0.1) is 7.11 Å². The molecule has 0 bridgehead atoms. The molecule has 2 aromatic carbocycles. The van der Waals surface area contributed by atoms with Crippen LogP contribution in [0.25, 0.3) is 0 Å². The zero-order chi connectivity index (χ0) is 24.5. The third kappa shape index (κ3) is 7.05. The molecule has 1 aliphatic rings. The zero-order valence-electron chi connectivity index (χ0n) is 19.9. The minimum absolute atomic E-state index is 0.0180. The minimum atomic E-state index is -0.222. The molecule has 7 nitrogen and oxygen atoms in total. The molecule has 1 aliphatic carbocycles. The van der Waals surface area contributed by atoms with Crippen molar-refractivity contribution >= 4 is 23.2 Å². The lowest BCUT2D eigenvalue weighted by atomic mass is 9.90. The van der Waals surface area contributed by atoms with Gasteiger partial charge < -0.3 is 20.1 Å². The van der Waals surface area contributed by atoms with Gasteiger partial charge in [0.15, 0.2) is 11.5 Å². The van der Waals surface area contributed by atoms with Crippen molar-refractivity contribution in [2.75, 3.05) is 7.11 Å². The summed E-state index contributed by atoms with van der Waals surface area (Å²) in [6.45, 7) is 0.252. The Balaban J connectivity index is 1.29. The average Bonchev–Trinajstić information content (AvgIpc) is 3.37. The lowest BCUT2D eigenvalue weighted by Crippen LogP contribution is -2.53. The number of nitrogens with zero attached hydrogens (tertiary/aromatic N) is 1. The fraction of sp³-hybridized carbons (Fsp3) is 0.370. The Morgan fingerprint density at radius 2 is 1.66 bits per heavy atom. The molecule has 0 unspecified atom stereocenters. The van der Waals surface area contributed by atoms with Crippen LogP contribution in [-0.2, 0) is 17.8 Å². The lowest BCUT2D eigenvalue weighted by molar-refractivity contribution is -0.122. The van der Waals surface area contributed by atoms with Crippen LogP contribution in [0, 0.1) is 0 Å². The number of thiazole rings is 1. The number of nitrogens with one attached hydrogen (secondary N) is 2. The van der Waals surface area contributed by atoms with E-state index in [-0.39, 0.29) is 30.5 Å². The second kappa shape index (κ2) is 12.4. The quantitative estimate of drug-likeness (QED) is 0.433. The molecule has 8 heteroatoms. The van der Waals surface area contributed by atoms with E-state index in [9.17, 15) is 9.59 Å². The van der Waals surface area contributed by atoms with E-state index in [1.54, 1.807) is 12.5 Å². The zero-order valence-corrected chi connectivity index (χ0v) is 20.7. The second-order valence-electron chi connectivity index (χ2n) is 8.59. The first-order chi connectivity index (χ1) is 17.1. The molecule has 0 saturated heterocycles. The van der Waals surface area contributed by atoms with E-state index in [1.807, 2.05) is 54.6 Å². The Kier molecular flexibility index (Phi) is 8.73. The second-order valence-corrected chi connectivity index (χ2v) is 9.53. The molecule has 184 valence electrons. The average molecular weight is 494 g/mol. The summed E-state index contributed by atoms with van der Waals surface area (Å²) in [7, 11) is 1.60. The maximum atomic E-state index is 12.9. The van der Waals surface area contributed by atoms with Gasteiger partial charge in [-0.15, -0.1) is 11.3 Å². The number of para-hydroxylation sites is 2. The van der Waals surface area contributed by atoms with Crippen LogP contribution in [0.5, 0.6) is 11.5 Å². The number of ether oxygens (including phenoxy) is 2. The molecule has 4 rings (SSSR count). The molecular weight excluding hydrogens is 462 g/mol. The predicted octanol–water partition coefficient (Wildman–Crippen LogP) is 4.52. The van der Waals surface area contributed by atoms with Crippen molar-refractivity contribution < 1.29 is 19.1 Å². The molecule has 0 spiro atoms. The van der Waals surface area contributed by atoms with Crippen LogP contribution < -0.4 is 20.1 Å². The summed E-state index contributed by atoms with van der Waals surface area (Å²) in [6.07, 6.45) is 4.89. The number of aryl methyl sites for hydroxylation is 1. The van der Waals surface area contributed by atoms with Crippen molar-refractivity contribution in [2.45, 2.75) is 57.2 Å². The summed E-state index contributed by atoms with van der Waals surface area (Å²) in [4.78, 5) is 29.9. The monoisotopic (exact) mass is 493 g/mol. The van der Waals surface area contributed by atoms with E-state index < -0.39 is 0 Å². The topological polar surface area (TPSA) is 89.6 Å². The molecule has 2 atom stereocenters. The van der Waals surface area contributed by atoms with Crippen LogP contribution in [0.3, 0.4) is 0 Å². The Morgan fingerprint density at radius 1 is 0.971 bits per heavy atom. The Hall–Kier alpha value is -3.39. The number of methoxy groups -OCH3 is 1. The summed E-state index contributed by atoms with van der Waals surface area (Å²) in [6, 6.07) is 17.2. The number of carbonyl (C=O) groups excluding carboxylic acids is 2. The fourth-order valence-electron chi connectivity index (χ4n) is 4.26. The summed E-state index contributed by atoms with van der Waals surface area (Å²) in [5.41, 5.74) is 1.51. The van der Waals surface area contributed by atoms with Crippen molar-refractivity contribution in [3.63, 3.8) is 0 Å². The molecule has 1 saturated carbocycles. The number of carbonyl (C=O) groups is 2. The first kappa shape index (κ1) is 24.7. The SMILES string of the molecule is COc1ccccc1OCc1nc(C(=O)N[C@@H]2CCCC[C@@H]2NC(=O)CCc2ccccc2)cs1. The molecule has 2 amide bonds. The van der Waals surface area contributed by atoms with E-state index in [1.165, 1.54) is 11.3 Å². The number of benzene rings is 2. The van der Waals surface area contributed by atoms with Crippen LogP contribution in [0.1, 0.15) is 53.2 Å². The standard InChI is InChI=1S/C27H31N3O4S/c1-33-23-13-7-8-14-24(23)34-17-26-29-22(18-35-26)27(32)30-21-12-6-5-11-20(21)28-25(31)16-15-19-9-3-2-4-10-19/h2-4,7-10,13-14,18,20-21H,5-6,11-12,15-17H2,1H3,(H,28,31)(H,30,32)/t20-,21+/m0/s1. The van der Waals surface area contributed by atoms with E-state index in [0.29, 0.717) is 35.0 Å². The van der Waals surface area contributed by atoms with Gasteiger partial charge in [-0.2, -0.15) is 0 Å². The van der Waals surface area contributed by atoms with Crippen molar-refractivity contribution in [2.24, 2.45) is 0 Å². The van der Waals surface area contributed by atoms with Crippen LogP contribution in [0.15, 0.2) is 60.0 Å². The summed E-state index contributed by atoms with van der Waals surface area (Å²) < 4.78 is 11.1. The van der Waals surface area contributed by atoms with Gasteiger partial charge in [-0.3, -0.25) is 9.59 Å². The van der Waals surface area contributed by atoms with E-state index >= 15 is 0 Å². The molecule has 1 aromatic heterocycles. The Labute approximate surface area is 209 Å². The lowest BCUT2D eigenvalue weighted by Gasteiger charge is -2.32. The molecule has 0 radical (unpaired) electrons. The highest BCUT2D eigenvalue weighted by Gasteiger charge is 2.28. The minimum Gasteiger partial charge on any atom is -0.493 e. The largest absolute Gasteiger partial charge is 0.493 e. The highest BCUT2D eigenvalue weighted by Crippen LogP contribution is 2.27. The van der Waals surface area contributed by atoms with E-state index in [2.05, 4.69) is 15.6 Å². The third-order valence-electron chi connectivity index (χ3n) is 6.12. The van der Waals surface area contributed by atoms with Crippen molar-refractivity contribution in [3.05, 3.63) is 76.2 Å². The molecule has 0 aliphatic heterocycles. The fourth-order valence-corrected chi connectivity index (χ4v) is 4.94. The summed E-state index contributed by atoms with van der Waals surface area (Å²) >= 11 is 1.38. The number of rotatable bonds is 10. The van der Waals surface area contributed by atoms with E-state index in [0.717, 1.165) is 31.2 Å². The highest BCUT2D eigenvalue weighted by atomic mass is 32.1. The normalized spacial score (nSPS) is 17.4. The van der Waals surface area contributed by atoms with Gasteiger partial charge in [0.2, 0.25) is 5.91 Å². The van der Waals surface area contributed by atoms with Gasteiger partial charge in [-0.1, -0.05) is 55.3 Å². The van der Waals surface area contributed by atoms with Gasteiger partial charge >= 0.3 is 0 Å². The van der Waals surface area contributed by atoms with Gasteiger partial charge in [-0.25, -0.2) is 4.98 Å². The highest BCUT2D eigenvalue weighted by molar-refractivity contribution is 7.09. The van der Waals surface area contributed by atoms with Crippen molar-refractivity contribution in [1.29, 1.82) is 0 Å². The number of hydrogen-bond donors (Lipinski definition) is 2. The number of aromatic nitrogens is 1.